The maximum atomic E-state index is 13.4. The molecule has 0 aromatic heterocycles. The van der Waals surface area contributed by atoms with Gasteiger partial charge in [-0.2, -0.15) is 9.57 Å². The lowest BCUT2D eigenvalue weighted by atomic mass is 10.2. The number of carbonyl (C=O) groups is 3. The monoisotopic (exact) mass is 452 g/mol. The molecule has 1 N–H and O–H groups in total. The van der Waals surface area contributed by atoms with Crippen molar-refractivity contribution < 1.29 is 22.8 Å². The van der Waals surface area contributed by atoms with Crippen LogP contribution in [0.1, 0.15) is 31.7 Å². The van der Waals surface area contributed by atoms with Gasteiger partial charge in [0.2, 0.25) is 21.8 Å². The molecular formula is C22H20N4O5S. The second-order valence-electron chi connectivity index (χ2n) is 7.72. The Morgan fingerprint density at radius 1 is 1.09 bits per heavy atom. The van der Waals surface area contributed by atoms with Crippen LogP contribution < -0.4 is 10.2 Å². The predicted octanol–water partition coefficient (Wildman–Crippen LogP) is 2.00. The number of sulfonamides is 1. The van der Waals surface area contributed by atoms with E-state index in [2.05, 4.69) is 5.32 Å². The first-order chi connectivity index (χ1) is 15.2. The fraction of sp³-hybridized carbons (Fsp3) is 0.273. The maximum absolute atomic E-state index is 13.4. The van der Waals surface area contributed by atoms with E-state index < -0.39 is 27.9 Å². The van der Waals surface area contributed by atoms with Gasteiger partial charge in [-0.25, -0.2) is 13.3 Å². The molecule has 4 rings (SSSR count). The number of imide groups is 1. The Hall–Kier alpha value is -3.55. The summed E-state index contributed by atoms with van der Waals surface area (Å²) in [7, 11) is -4.06. The molecule has 1 aliphatic carbocycles. The molecule has 32 heavy (non-hydrogen) atoms. The molecule has 1 aliphatic heterocycles. The van der Waals surface area contributed by atoms with E-state index in [0.717, 1.165) is 9.21 Å². The van der Waals surface area contributed by atoms with Crippen LogP contribution in [0.5, 0.6) is 0 Å². The van der Waals surface area contributed by atoms with Crippen molar-refractivity contribution in [3.63, 3.8) is 0 Å². The molecule has 2 fully saturated rings. The van der Waals surface area contributed by atoms with Crippen LogP contribution in [0.3, 0.4) is 0 Å². The lowest BCUT2D eigenvalue weighted by Crippen LogP contribution is -2.46. The number of nitrogens with one attached hydrogen (secondary N) is 1. The predicted molar refractivity (Wildman–Crippen MR) is 115 cm³/mol. The Bertz CT molecular complexity index is 1230. The Kier molecular flexibility index (Phi) is 5.54. The summed E-state index contributed by atoms with van der Waals surface area (Å²) in [6.45, 7) is 1.35. The largest absolute Gasteiger partial charge is 0.326 e. The first kappa shape index (κ1) is 21.7. The number of nitriles is 1. The second kappa shape index (κ2) is 8.18. The van der Waals surface area contributed by atoms with Crippen LogP contribution in [0.15, 0.2) is 53.4 Å². The van der Waals surface area contributed by atoms with Crippen LogP contribution in [-0.4, -0.2) is 42.5 Å². The van der Waals surface area contributed by atoms with Crippen LogP contribution in [-0.2, 0) is 24.4 Å². The lowest BCUT2D eigenvalue weighted by molar-refractivity contribution is -0.122. The Morgan fingerprint density at radius 2 is 1.72 bits per heavy atom. The highest BCUT2D eigenvalue weighted by molar-refractivity contribution is 7.89. The summed E-state index contributed by atoms with van der Waals surface area (Å²) >= 11 is 0. The number of hydrogen-bond acceptors (Lipinski definition) is 6. The van der Waals surface area contributed by atoms with Crippen LogP contribution in [0.4, 0.5) is 11.4 Å². The smallest absolute Gasteiger partial charge is 0.252 e. The third-order valence-electron chi connectivity index (χ3n) is 5.34. The fourth-order valence-electron chi connectivity index (χ4n) is 3.75. The van der Waals surface area contributed by atoms with Gasteiger partial charge in [0, 0.05) is 18.7 Å². The minimum Gasteiger partial charge on any atom is -0.326 e. The molecule has 9 nitrogen and oxygen atoms in total. The van der Waals surface area contributed by atoms with Gasteiger partial charge in [0.05, 0.1) is 28.6 Å². The highest BCUT2D eigenvalue weighted by Gasteiger charge is 2.51. The average Bonchev–Trinajstić information content (AvgIpc) is 3.54. The van der Waals surface area contributed by atoms with Crippen LogP contribution in [0.2, 0.25) is 0 Å². The highest BCUT2D eigenvalue weighted by atomic mass is 32.2. The van der Waals surface area contributed by atoms with E-state index in [9.17, 15) is 22.8 Å². The van der Waals surface area contributed by atoms with Crippen LogP contribution >= 0.6 is 0 Å². The third kappa shape index (κ3) is 4.00. The summed E-state index contributed by atoms with van der Waals surface area (Å²) in [5.74, 6) is -1.38. The fourth-order valence-corrected chi connectivity index (χ4v) is 5.58. The summed E-state index contributed by atoms with van der Waals surface area (Å²) in [6, 6.07) is 12.2. The molecule has 0 spiro atoms. The van der Waals surface area contributed by atoms with E-state index in [1.54, 1.807) is 0 Å². The lowest BCUT2D eigenvalue weighted by Gasteiger charge is -2.26. The van der Waals surface area contributed by atoms with Crippen molar-refractivity contribution in [2.24, 2.45) is 0 Å². The van der Waals surface area contributed by atoms with Crippen LogP contribution in [0, 0.1) is 11.3 Å². The van der Waals surface area contributed by atoms with E-state index in [4.69, 9.17) is 5.26 Å². The summed E-state index contributed by atoms with van der Waals surface area (Å²) in [4.78, 5) is 38.0. The molecule has 10 heteroatoms. The highest BCUT2D eigenvalue weighted by Crippen LogP contribution is 2.38. The number of rotatable bonds is 6. The Morgan fingerprint density at radius 3 is 2.25 bits per heavy atom. The van der Waals surface area contributed by atoms with Gasteiger partial charge in [0.1, 0.15) is 6.04 Å². The summed E-state index contributed by atoms with van der Waals surface area (Å²) < 4.78 is 28.0. The van der Waals surface area contributed by atoms with Crippen molar-refractivity contribution in [2.45, 2.75) is 43.2 Å². The number of amides is 3. The van der Waals surface area contributed by atoms with Crippen molar-refractivity contribution in [1.29, 1.82) is 5.26 Å². The van der Waals surface area contributed by atoms with E-state index in [1.807, 2.05) is 6.07 Å². The summed E-state index contributed by atoms with van der Waals surface area (Å²) in [5, 5.41) is 11.5. The van der Waals surface area contributed by atoms with Gasteiger partial charge in [0.25, 0.3) is 5.91 Å². The van der Waals surface area contributed by atoms with E-state index in [1.165, 1.54) is 55.5 Å². The molecule has 1 atom stereocenters. The molecule has 1 saturated heterocycles. The molecule has 1 saturated carbocycles. The summed E-state index contributed by atoms with van der Waals surface area (Å²) in [5.41, 5.74) is 1.14. The minimum absolute atomic E-state index is 0.0180. The Labute approximate surface area is 185 Å². The number of benzene rings is 2. The molecule has 3 amide bonds. The Balaban J connectivity index is 1.64. The zero-order chi connectivity index (χ0) is 23.0. The molecule has 0 bridgehead atoms. The standard InChI is InChI=1S/C22H20N4O5S/c1-14(27)24-16-4-10-19(11-5-16)32(30,31)26(18-8-9-18)20-12-21(28)25(22(20)29)17-6-2-15(13-23)3-7-17/h2-7,10-11,18,20H,8-9,12H2,1H3,(H,24,27). The van der Waals surface area contributed by atoms with Gasteiger partial charge in [-0.1, -0.05) is 0 Å². The van der Waals surface area contributed by atoms with Crippen molar-refractivity contribution in [3.8, 4) is 6.07 Å². The SMILES string of the molecule is CC(=O)Nc1ccc(S(=O)(=O)N(C2CC2)C2CC(=O)N(c3ccc(C#N)cc3)C2=O)cc1. The zero-order valence-corrected chi connectivity index (χ0v) is 18.0. The quantitative estimate of drug-likeness (QED) is 0.668. The maximum Gasteiger partial charge on any atom is 0.252 e. The van der Waals surface area contributed by atoms with E-state index in [-0.39, 0.29) is 23.3 Å². The van der Waals surface area contributed by atoms with Crippen molar-refractivity contribution in [3.05, 3.63) is 54.1 Å². The van der Waals surface area contributed by atoms with E-state index in [0.29, 0.717) is 29.8 Å². The van der Waals surface area contributed by atoms with Gasteiger partial charge in [-0.05, 0) is 61.4 Å². The number of carbonyl (C=O) groups excluding carboxylic acids is 3. The topological polar surface area (TPSA) is 128 Å². The second-order valence-corrected chi connectivity index (χ2v) is 9.56. The molecule has 2 aromatic rings. The van der Waals surface area contributed by atoms with Crippen molar-refractivity contribution in [2.75, 3.05) is 10.2 Å². The number of anilines is 2. The van der Waals surface area contributed by atoms with Gasteiger partial charge in [0.15, 0.2) is 0 Å². The molecule has 1 heterocycles. The minimum atomic E-state index is -4.06. The zero-order valence-electron chi connectivity index (χ0n) is 17.2. The molecule has 1 unspecified atom stereocenters. The number of hydrogen-bond donors (Lipinski definition) is 1. The van der Waals surface area contributed by atoms with Crippen molar-refractivity contribution >= 4 is 39.1 Å². The molecule has 2 aromatic carbocycles. The first-order valence-corrected chi connectivity index (χ1v) is 11.4. The molecule has 2 aliphatic rings. The van der Waals surface area contributed by atoms with Gasteiger partial charge < -0.3 is 5.32 Å². The molecule has 0 radical (unpaired) electrons. The van der Waals surface area contributed by atoms with E-state index >= 15 is 0 Å². The first-order valence-electron chi connectivity index (χ1n) is 10.0. The molecular weight excluding hydrogens is 432 g/mol. The molecule has 164 valence electrons. The van der Waals surface area contributed by atoms with Gasteiger partial charge >= 0.3 is 0 Å². The van der Waals surface area contributed by atoms with Gasteiger partial charge in [-0.3, -0.25) is 14.4 Å². The van der Waals surface area contributed by atoms with Gasteiger partial charge in [-0.15, -0.1) is 0 Å². The number of nitrogens with zero attached hydrogens (tertiary/aromatic N) is 3. The average molecular weight is 452 g/mol. The van der Waals surface area contributed by atoms with Crippen molar-refractivity contribution in [1.82, 2.24) is 4.31 Å². The third-order valence-corrected chi connectivity index (χ3v) is 7.32. The van der Waals surface area contributed by atoms with Crippen LogP contribution in [0.25, 0.3) is 0 Å². The normalized spacial score (nSPS) is 18.7. The summed E-state index contributed by atoms with van der Waals surface area (Å²) in [6.07, 6.45) is 0.967.